The molecule has 80 valence electrons. The van der Waals surface area contributed by atoms with Crippen LogP contribution in [0.25, 0.3) is 11.3 Å². The Kier molecular flexibility index (Phi) is 2.64. The summed E-state index contributed by atoms with van der Waals surface area (Å²) in [5, 5.41) is 16.7. The molecule has 0 amide bonds. The topological polar surface area (TPSA) is 63.1 Å². The van der Waals surface area contributed by atoms with E-state index in [2.05, 4.69) is 10.2 Å². The summed E-state index contributed by atoms with van der Waals surface area (Å²) < 4.78 is 0. The highest BCUT2D eigenvalue weighted by Crippen LogP contribution is 2.16. The van der Waals surface area contributed by atoms with E-state index in [1.807, 2.05) is 19.1 Å². The Balaban J connectivity index is 2.34. The maximum absolute atomic E-state index is 10.7. The first-order valence-corrected chi connectivity index (χ1v) is 4.81. The van der Waals surface area contributed by atoms with Gasteiger partial charge in [-0.3, -0.25) is 0 Å². The van der Waals surface area contributed by atoms with Gasteiger partial charge < -0.3 is 5.11 Å². The number of nitrogens with zero attached hydrogens (tertiary/aromatic N) is 2. The lowest BCUT2D eigenvalue weighted by molar-refractivity contribution is 0.0697. The van der Waals surface area contributed by atoms with E-state index in [0.717, 1.165) is 17.0 Å². The van der Waals surface area contributed by atoms with E-state index in [4.69, 9.17) is 5.11 Å². The van der Waals surface area contributed by atoms with E-state index in [1.54, 1.807) is 24.3 Å². The SMILES string of the molecule is Cc1ccc(-c2ccc(C(=O)O)cc2)nn1. The molecule has 1 N–H and O–H groups in total. The second-order valence-electron chi connectivity index (χ2n) is 3.44. The molecule has 4 heteroatoms. The summed E-state index contributed by atoms with van der Waals surface area (Å²) in [7, 11) is 0. The third-order valence-electron chi connectivity index (χ3n) is 2.23. The van der Waals surface area contributed by atoms with Gasteiger partial charge in [0, 0.05) is 5.56 Å². The van der Waals surface area contributed by atoms with Gasteiger partial charge in [0.1, 0.15) is 0 Å². The van der Waals surface area contributed by atoms with Gasteiger partial charge in [-0.25, -0.2) is 4.79 Å². The van der Waals surface area contributed by atoms with E-state index in [-0.39, 0.29) is 5.56 Å². The third-order valence-corrected chi connectivity index (χ3v) is 2.23. The van der Waals surface area contributed by atoms with Crippen molar-refractivity contribution < 1.29 is 9.90 Å². The molecule has 0 saturated carbocycles. The average molecular weight is 214 g/mol. The van der Waals surface area contributed by atoms with Crippen LogP contribution in [0.1, 0.15) is 16.1 Å². The van der Waals surface area contributed by atoms with Gasteiger partial charge in [0.05, 0.1) is 17.0 Å². The molecule has 2 aromatic rings. The second kappa shape index (κ2) is 4.10. The van der Waals surface area contributed by atoms with Crippen LogP contribution in [0, 0.1) is 6.92 Å². The first-order chi connectivity index (χ1) is 7.66. The number of hydrogen-bond donors (Lipinski definition) is 1. The molecule has 0 aliphatic rings. The van der Waals surface area contributed by atoms with Crippen molar-refractivity contribution in [1.29, 1.82) is 0 Å². The molecule has 0 unspecified atom stereocenters. The maximum atomic E-state index is 10.7. The minimum absolute atomic E-state index is 0.267. The summed E-state index contributed by atoms with van der Waals surface area (Å²) in [5.74, 6) is -0.929. The van der Waals surface area contributed by atoms with Crippen molar-refractivity contribution in [2.45, 2.75) is 6.92 Å². The Labute approximate surface area is 92.6 Å². The molecule has 0 aliphatic heterocycles. The van der Waals surface area contributed by atoms with E-state index in [1.165, 1.54) is 0 Å². The van der Waals surface area contributed by atoms with Crippen molar-refractivity contribution in [3.05, 3.63) is 47.7 Å². The Bertz CT molecular complexity index is 504. The van der Waals surface area contributed by atoms with E-state index in [0.29, 0.717) is 0 Å². The molecule has 4 nitrogen and oxygen atoms in total. The van der Waals surface area contributed by atoms with Gasteiger partial charge in [0.2, 0.25) is 0 Å². The predicted molar refractivity (Wildman–Crippen MR) is 59.2 cm³/mol. The van der Waals surface area contributed by atoms with Crippen molar-refractivity contribution in [2.24, 2.45) is 0 Å². The minimum Gasteiger partial charge on any atom is -0.478 e. The molecule has 0 saturated heterocycles. The zero-order chi connectivity index (χ0) is 11.5. The number of aromatic carboxylic acids is 1. The molecule has 0 fully saturated rings. The largest absolute Gasteiger partial charge is 0.478 e. The van der Waals surface area contributed by atoms with E-state index < -0.39 is 5.97 Å². The van der Waals surface area contributed by atoms with Gasteiger partial charge in [0.15, 0.2) is 0 Å². The van der Waals surface area contributed by atoms with Crippen LogP contribution in [0.4, 0.5) is 0 Å². The van der Waals surface area contributed by atoms with Crippen LogP contribution in [0.15, 0.2) is 36.4 Å². The van der Waals surface area contributed by atoms with Crippen LogP contribution in [0.2, 0.25) is 0 Å². The standard InChI is InChI=1S/C12H10N2O2/c1-8-2-7-11(14-13-8)9-3-5-10(6-4-9)12(15)16/h2-7H,1H3,(H,15,16). The number of aryl methyl sites for hydroxylation is 1. The summed E-state index contributed by atoms with van der Waals surface area (Å²) in [5.41, 5.74) is 2.72. The molecule has 0 bridgehead atoms. The van der Waals surface area contributed by atoms with Crippen molar-refractivity contribution >= 4 is 5.97 Å². The normalized spacial score (nSPS) is 10.1. The van der Waals surface area contributed by atoms with Gasteiger partial charge >= 0.3 is 5.97 Å². The Morgan fingerprint density at radius 3 is 2.25 bits per heavy atom. The Morgan fingerprint density at radius 1 is 1.06 bits per heavy atom. The predicted octanol–water partition coefficient (Wildman–Crippen LogP) is 2.15. The quantitative estimate of drug-likeness (QED) is 0.831. The van der Waals surface area contributed by atoms with Crippen LogP contribution in [-0.2, 0) is 0 Å². The summed E-state index contributed by atoms with van der Waals surface area (Å²) >= 11 is 0. The van der Waals surface area contributed by atoms with Crippen molar-refractivity contribution in [3.8, 4) is 11.3 Å². The van der Waals surface area contributed by atoms with Crippen LogP contribution in [0.3, 0.4) is 0 Å². The minimum atomic E-state index is -0.929. The van der Waals surface area contributed by atoms with Crippen LogP contribution < -0.4 is 0 Å². The number of rotatable bonds is 2. The molecule has 1 aromatic carbocycles. The summed E-state index contributed by atoms with van der Waals surface area (Å²) in [6, 6.07) is 10.3. The highest BCUT2D eigenvalue weighted by atomic mass is 16.4. The fourth-order valence-corrected chi connectivity index (χ4v) is 1.34. The molecule has 0 spiro atoms. The van der Waals surface area contributed by atoms with E-state index >= 15 is 0 Å². The first-order valence-electron chi connectivity index (χ1n) is 4.81. The summed E-state index contributed by atoms with van der Waals surface area (Å²) in [6.07, 6.45) is 0. The lowest BCUT2D eigenvalue weighted by Crippen LogP contribution is -1.95. The number of aromatic nitrogens is 2. The fourth-order valence-electron chi connectivity index (χ4n) is 1.34. The van der Waals surface area contributed by atoms with Gasteiger partial charge in [-0.2, -0.15) is 10.2 Å². The monoisotopic (exact) mass is 214 g/mol. The zero-order valence-corrected chi connectivity index (χ0v) is 8.71. The van der Waals surface area contributed by atoms with Gasteiger partial charge in [-0.15, -0.1) is 0 Å². The molecular weight excluding hydrogens is 204 g/mol. The van der Waals surface area contributed by atoms with Gasteiger partial charge in [-0.05, 0) is 31.2 Å². The van der Waals surface area contributed by atoms with E-state index in [9.17, 15) is 4.79 Å². The number of carboxylic acid groups (broad SMARTS) is 1. The van der Waals surface area contributed by atoms with Crippen LogP contribution >= 0.6 is 0 Å². The van der Waals surface area contributed by atoms with Gasteiger partial charge in [0.25, 0.3) is 0 Å². The number of benzene rings is 1. The summed E-state index contributed by atoms with van der Waals surface area (Å²) in [6.45, 7) is 1.87. The van der Waals surface area contributed by atoms with Crippen LogP contribution in [-0.4, -0.2) is 21.3 Å². The van der Waals surface area contributed by atoms with Crippen molar-refractivity contribution in [3.63, 3.8) is 0 Å². The number of carboxylic acids is 1. The lowest BCUT2D eigenvalue weighted by atomic mass is 10.1. The smallest absolute Gasteiger partial charge is 0.335 e. The van der Waals surface area contributed by atoms with Crippen LogP contribution in [0.5, 0.6) is 0 Å². The lowest BCUT2D eigenvalue weighted by Gasteiger charge is -2.00. The molecule has 0 atom stereocenters. The fraction of sp³-hybridized carbons (Fsp3) is 0.0833. The first kappa shape index (κ1) is 10.3. The summed E-state index contributed by atoms with van der Waals surface area (Å²) in [4.78, 5) is 10.7. The highest BCUT2D eigenvalue weighted by molar-refractivity contribution is 5.88. The van der Waals surface area contributed by atoms with Crippen molar-refractivity contribution in [2.75, 3.05) is 0 Å². The molecule has 0 radical (unpaired) electrons. The van der Waals surface area contributed by atoms with Crippen molar-refractivity contribution in [1.82, 2.24) is 10.2 Å². The third kappa shape index (κ3) is 2.06. The Morgan fingerprint density at radius 2 is 1.75 bits per heavy atom. The molecule has 2 rings (SSSR count). The molecular formula is C12H10N2O2. The zero-order valence-electron chi connectivity index (χ0n) is 8.71. The van der Waals surface area contributed by atoms with Gasteiger partial charge in [-0.1, -0.05) is 12.1 Å². The highest BCUT2D eigenvalue weighted by Gasteiger charge is 2.03. The molecule has 16 heavy (non-hydrogen) atoms. The molecule has 1 heterocycles. The number of hydrogen-bond acceptors (Lipinski definition) is 3. The number of carbonyl (C=O) groups is 1. The Hall–Kier alpha value is -2.23. The second-order valence-corrected chi connectivity index (χ2v) is 3.44. The molecule has 1 aromatic heterocycles. The molecule has 0 aliphatic carbocycles. The maximum Gasteiger partial charge on any atom is 0.335 e. The average Bonchev–Trinajstić information content (AvgIpc) is 2.30.